The number of phenols is 1. The number of ether oxygens (including phenoxy) is 1. The summed E-state index contributed by atoms with van der Waals surface area (Å²) < 4.78 is 18.4. The van der Waals surface area contributed by atoms with Crippen molar-refractivity contribution < 1.29 is 14.2 Å². The Labute approximate surface area is 107 Å². The van der Waals surface area contributed by atoms with Gasteiger partial charge in [0.05, 0.1) is 6.61 Å². The first-order valence-electron chi connectivity index (χ1n) is 6.40. The fourth-order valence-corrected chi connectivity index (χ4v) is 2.49. The van der Waals surface area contributed by atoms with Crippen molar-refractivity contribution in [2.24, 2.45) is 0 Å². The van der Waals surface area contributed by atoms with Gasteiger partial charge in [0.1, 0.15) is 0 Å². The average molecular weight is 253 g/mol. The zero-order valence-electron chi connectivity index (χ0n) is 10.7. The van der Waals surface area contributed by atoms with Crippen molar-refractivity contribution in [1.29, 1.82) is 0 Å². The highest BCUT2D eigenvalue weighted by Crippen LogP contribution is 2.30. The summed E-state index contributed by atoms with van der Waals surface area (Å²) in [5, 5.41) is 9.18. The number of rotatable bonds is 4. The first-order chi connectivity index (χ1) is 8.70. The zero-order valence-corrected chi connectivity index (χ0v) is 10.7. The number of benzene rings is 1. The van der Waals surface area contributed by atoms with Crippen LogP contribution in [0, 0.1) is 5.82 Å². The maximum absolute atomic E-state index is 13.3. The van der Waals surface area contributed by atoms with Crippen LogP contribution in [0.25, 0.3) is 0 Å². The number of nitrogens with zero attached hydrogens (tertiary/aromatic N) is 1. The van der Waals surface area contributed by atoms with Crippen LogP contribution in [0.2, 0.25) is 0 Å². The predicted molar refractivity (Wildman–Crippen MR) is 68.4 cm³/mol. The number of halogens is 1. The Bertz CT molecular complexity index is 389. The lowest BCUT2D eigenvalue weighted by molar-refractivity contribution is 0.130. The quantitative estimate of drug-likeness (QED) is 0.894. The molecule has 0 unspecified atom stereocenters. The van der Waals surface area contributed by atoms with Crippen LogP contribution < -0.4 is 0 Å². The Balaban J connectivity index is 1.90. The molecule has 1 fully saturated rings. The summed E-state index contributed by atoms with van der Waals surface area (Å²) in [4.78, 5) is 2.37. The second-order valence-electron chi connectivity index (χ2n) is 4.82. The molecular weight excluding hydrogens is 233 g/mol. The number of methoxy groups -OCH3 is 1. The van der Waals surface area contributed by atoms with E-state index in [0.717, 1.165) is 44.6 Å². The third kappa shape index (κ3) is 3.21. The molecule has 0 aromatic heterocycles. The smallest absolute Gasteiger partial charge is 0.165 e. The predicted octanol–water partition coefficient (Wildman–Crippen LogP) is 2.36. The highest BCUT2D eigenvalue weighted by Gasteiger charge is 2.20. The molecule has 0 spiro atoms. The molecule has 1 aromatic carbocycles. The number of hydrogen-bond acceptors (Lipinski definition) is 3. The van der Waals surface area contributed by atoms with Crippen molar-refractivity contribution in [3.8, 4) is 5.75 Å². The van der Waals surface area contributed by atoms with E-state index in [-0.39, 0.29) is 5.75 Å². The van der Waals surface area contributed by atoms with Crippen LogP contribution in [-0.4, -0.2) is 43.4 Å². The van der Waals surface area contributed by atoms with Gasteiger partial charge in [-0.05, 0) is 49.5 Å². The topological polar surface area (TPSA) is 32.7 Å². The van der Waals surface area contributed by atoms with E-state index in [1.54, 1.807) is 7.11 Å². The van der Waals surface area contributed by atoms with Gasteiger partial charge in [-0.1, -0.05) is 6.07 Å². The molecule has 1 aromatic rings. The molecule has 0 aliphatic carbocycles. The Morgan fingerprint density at radius 2 is 2.11 bits per heavy atom. The van der Waals surface area contributed by atoms with Gasteiger partial charge in [0.25, 0.3) is 0 Å². The van der Waals surface area contributed by atoms with Gasteiger partial charge in [-0.3, -0.25) is 0 Å². The van der Waals surface area contributed by atoms with Gasteiger partial charge in [0, 0.05) is 13.7 Å². The molecule has 3 nitrogen and oxygen atoms in total. The standard InChI is InChI=1S/C14H20FNO2/c1-18-9-8-16-6-4-11(5-7-16)12-2-3-14(17)13(15)10-12/h2-3,10-11,17H,4-9H2,1H3. The van der Waals surface area contributed by atoms with Crippen LogP contribution >= 0.6 is 0 Å². The Morgan fingerprint density at radius 1 is 1.39 bits per heavy atom. The molecule has 0 radical (unpaired) electrons. The van der Waals surface area contributed by atoms with E-state index >= 15 is 0 Å². The van der Waals surface area contributed by atoms with Crippen molar-refractivity contribution in [2.45, 2.75) is 18.8 Å². The van der Waals surface area contributed by atoms with Crippen molar-refractivity contribution in [3.63, 3.8) is 0 Å². The molecule has 0 amide bonds. The summed E-state index contributed by atoms with van der Waals surface area (Å²) in [5.74, 6) is -0.385. The lowest BCUT2D eigenvalue weighted by atomic mass is 9.89. The second-order valence-corrected chi connectivity index (χ2v) is 4.82. The monoisotopic (exact) mass is 253 g/mol. The number of aromatic hydroxyl groups is 1. The van der Waals surface area contributed by atoms with Crippen LogP contribution in [0.5, 0.6) is 5.75 Å². The first kappa shape index (κ1) is 13.3. The molecule has 1 aliphatic rings. The molecule has 1 saturated heterocycles. The first-order valence-corrected chi connectivity index (χ1v) is 6.40. The third-order valence-electron chi connectivity index (χ3n) is 3.64. The zero-order chi connectivity index (χ0) is 13.0. The van der Waals surface area contributed by atoms with Crippen molar-refractivity contribution >= 4 is 0 Å². The lowest BCUT2D eigenvalue weighted by Gasteiger charge is -2.32. The molecule has 100 valence electrons. The minimum atomic E-state index is -0.519. The summed E-state index contributed by atoms with van der Waals surface area (Å²) in [5.41, 5.74) is 0.997. The highest BCUT2D eigenvalue weighted by molar-refractivity contribution is 5.30. The Kier molecular flexibility index (Phi) is 4.55. The minimum absolute atomic E-state index is 0.267. The Hall–Kier alpha value is -1.13. The molecule has 0 bridgehead atoms. The van der Waals surface area contributed by atoms with E-state index in [1.807, 2.05) is 6.07 Å². The van der Waals surface area contributed by atoms with Gasteiger partial charge in [0.2, 0.25) is 0 Å². The second kappa shape index (κ2) is 6.16. The van der Waals surface area contributed by atoms with E-state index < -0.39 is 5.82 Å². The van der Waals surface area contributed by atoms with E-state index in [4.69, 9.17) is 4.74 Å². The van der Waals surface area contributed by atoms with Gasteiger partial charge in [-0.15, -0.1) is 0 Å². The molecule has 1 heterocycles. The van der Waals surface area contributed by atoms with Crippen LogP contribution in [-0.2, 0) is 4.74 Å². The van der Waals surface area contributed by atoms with E-state index in [1.165, 1.54) is 12.1 Å². The highest BCUT2D eigenvalue weighted by atomic mass is 19.1. The summed E-state index contributed by atoms with van der Waals surface area (Å²) >= 11 is 0. The van der Waals surface area contributed by atoms with Crippen molar-refractivity contribution in [1.82, 2.24) is 4.90 Å². The average Bonchev–Trinajstić information content (AvgIpc) is 2.40. The van der Waals surface area contributed by atoms with Gasteiger partial charge in [0.15, 0.2) is 11.6 Å². The van der Waals surface area contributed by atoms with E-state index in [9.17, 15) is 9.50 Å². The van der Waals surface area contributed by atoms with Crippen LogP contribution in [0.4, 0.5) is 4.39 Å². The Morgan fingerprint density at radius 3 is 2.72 bits per heavy atom. The van der Waals surface area contributed by atoms with Gasteiger partial charge in [-0.2, -0.15) is 0 Å². The molecule has 18 heavy (non-hydrogen) atoms. The SMILES string of the molecule is COCCN1CCC(c2ccc(O)c(F)c2)CC1. The molecule has 0 atom stereocenters. The summed E-state index contributed by atoms with van der Waals surface area (Å²) in [7, 11) is 1.71. The lowest BCUT2D eigenvalue weighted by Crippen LogP contribution is -2.35. The number of piperidine rings is 1. The normalized spacial score (nSPS) is 18.1. The van der Waals surface area contributed by atoms with Gasteiger partial charge < -0.3 is 14.7 Å². The van der Waals surface area contributed by atoms with Gasteiger partial charge in [-0.25, -0.2) is 4.39 Å². The molecule has 2 rings (SSSR count). The number of phenolic OH excluding ortho intramolecular Hbond substituents is 1. The van der Waals surface area contributed by atoms with Crippen molar-refractivity contribution in [3.05, 3.63) is 29.6 Å². The molecule has 4 heteroatoms. The molecule has 1 N–H and O–H groups in total. The van der Waals surface area contributed by atoms with E-state index in [0.29, 0.717) is 5.92 Å². The van der Waals surface area contributed by atoms with Crippen LogP contribution in [0.3, 0.4) is 0 Å². The minimum Gasteiger partial charge on any atom is -0.505 e. The largest absolute Gasteiger partial charge is 0.505 e. The van der Waals surface area contributed by atoms with Gasteiger partial charge >= 0.3 is 0 Å². The summed E-state index contributed by atoms with van der Waals surface area (Å²) in [6, 6.07) is 4.74. The number of likely N-dealkylation sites (tertiary alicyclic amines) is 1. The van der Waals surface area contributed by atoms with Crippen molar-refractivity contribution in [2.75, 3.05) is 33.4 Å². The molecule has 0 saturated carbocycles. The summed E-state index contributed by atoms with van der Waals surface area (Å²) in [6.45, 7) is 3.78. The van der Waals surface area contributed by atoms with E-state index in [2.05, 4.69) is 4.90 Å². The maximum atomic E-state index is 13.3. The fourth-order valence-electron chi connectivity index (χ4n) is 2.49. The van der Waals surface area contributed by atoms with Crippen LogP contribution in [0.1, 0.15) is 24.3 Å². The fraction of sp³-hybridized carbons (Fsp3) is 0.571. The third-order valence-corrected chi connectivity index (χ3v) is 3.64. The number of hydrogen-bond donors (Lipinski definition) is 1. The van der Waals surface area contributed by atoms with Crippen LogP contribution in [0.15, 0.2) is 18.2 Å². The maximum Gasteiger partial charge on any atom is 0.165 e. The summed E-state index contributed by atoms with van der Waals surface area (Å²) in [6.07, 6.45) is 2.07. The molecular formula is C14H20FNO2. The molecule has 1 aliphatic heterocycles.